The van der Waals surface area contributed by atoms with Crippen LogP contribution in [0.5, 0.6) is 0 Å². The van der Waals surface area contributed by atoms with E-state index in [1.807, 2.05) is 32.2 Å². The Labute approximate surface area is 131 Å². The third-order valence-electron chi connectivity index (χ3n) is 4.08. The first kappa shape index (κ1) is 16.5. The molecule has 1 fully saturated rings. The molecule has 1 heterocycles. The maximum atomic E-state index is 11.4. The highest BCUT2D eigenvalue weighted by Gasteiger charge is 2.47. The summed E-state index contributed by atoms with van der Waals surface area (Å²) in [5.41, 5.74) is 0.324. The van der Waals surface area contributed by atoms with E-state index >= 15 is 0 Å². The average Bonchev–Trinajstić information content (AvgIpc) is 2.41. The number of ether oxygens (including phenoxy) is 2. The van der Waals surface area contributed by atoms with E-state index < -0.39 is 11.7 Å². The fourth-order valence-electron chi connectivity index (χ4n) is 3.20. The predicted octanol–water partition coefficient (Wildman–Crippen LogP) is 2.32. The van der Waals surface area contributed by atoms with Gasteiger partial charge in [-0.05, 0) is 19.5 Å². The van der Waals surface area contributed by atoms with Gasteiger partial charge in [-0.15, -0.1) is 0 Å². The van der Waals surface area contributed by atoms with Gasteiger partial charge in [0.2, 0.25) is 0 Å². The lowest BCUT2D eigenvalue weighted by atomic mass is 9.84. The minimum absolute atomic E-state index is 0.120. The first-order chi connectivity index (χ1) is 10.3. The van der Waals surface area contributed by atoms with Crippen molar-refractivity contribution in [1.82, 2.24) is 4.90 Å². The molecule has 1 aliphatic rings. The summed E-state index contributed by atoms with van der Waals surface area (Å²) in [5, 5.41) is 0. The molecule has 3 atom stereocenters. The van der Waals surface area contributed by atoms with Crippen LogP contribution < -0.4 is 0 Å². The van der Waals surface area contributed by atoms with Gasteiger partial charge < -0.3 is 9.47 Å². The molecule has 1 aromatic rings. The highest BCUT2D eigenvalue weighted by molar-refractivity contribution is 5.68. The van der Waals surface area contributed by atoms with Gasteiger partial charge in [0, 0.05) is 32.9 Å². The number of carbonyl (C=O) groups excluding carboxylic acids is 2. The molecule has 1 aromatic carbocycles. The Morgan fingerprint density at radius 3 is 2.36 bits per heavy atom. The van der Waals surface area contributed by atoms with Gasteiger partial charge in [-0.1, -0.05) is 30.3 Å². The number of hydrogen-bond acceptors (Lipinski definition) is 5. The summed E-state index contributed by atoms with van der Waals surface area (Å²) in [6.07, 6.45) is 0.124. The maximum absolute atomic E-state index is 11.4. The molecule has 0 N–H and O–H groups in total. The van der Waals surface area contributed by atoms with Gasteiger partial charge in [0.1, 0.15) is 6.10 Å². The van der Waals surface area contributed by atoms with Crippen LogP contribution in [0.15, 0.2) is 30.3 Å². The van der Waals surface area contributed by atoms with Gasteiger partial charge in [0.05, 0.1) is 0 Å². The lowest BCUT2D eigenvalue weighted by Crippen LogP contribution is -2.58. The van der Waals surface area contributed by atoms with E-state index in [-0.39, 0.29) is 18.0 Å². The molecular weight excluding hydrogens is 282 g/mol. The molecule has 1 saturated heterocycles. The monoisotopic (exact) mass is 305 g/mol. The summed E-state index contributed by atoms with van der Waals surface area (Å²) in [5.74, 6) is -0.731. The molecule has 0 spiro atoms. The van der Waals surface area contributed by atoms with E-state index in [0.29, 0.717) is 13.0 Å². The second-order valence-electron chi connectivity index (χ2n) is 6.08. The molecule has 0 amide bonds. The van der Waals surface area contributed by atoms with Gasteiger partial charge in [-0.2, -0.15) is 0 Å². The van der Waals surface area contributed by atoms with E-state index in [9.17, 15) is 9.59 Å². The molecular formula is C17H23NO4. The molecule has 0 radical (unpaired) electrons. The first-order valence-corrected chi connectivity index (χ1v) is 7.44. The van der Waals surface area contributed by atoms with Crippen molar-refractivity contribution in [2.24, 2.45) is 0 Å². The maximum Gasteiger partial charge on any atom is 0.303 e. The summed E-state index contributed by atoms with van der Waals surface area (Å²) in [7, 11) is 1.99. The fraction of sp³-hybridized carbons (Fsp3) is 0.529. The number of esters is 2. The number of hydrogen-bond donors (Lipinski definition) is 0. The molecule has 1 aliphatic heterocycles. The summed E-state index contributed by atoms with van der Waals surface area (Å²) in [4.78, 5) is 25.0. The van der Waals surface area contributed by atoms with Gasteiger partial charge in [-0.3, -0.25) is 14.5 Å². The normalized spacial score (nSPS) is 28.9. The van der Waals surface area contributed by atoms with Crippen LogP contribution in [0.3, 0.4) is 0 Å². The Morgan fingerprint density at radius 1 is 1.18 bits per heavy atom. The largest absolute Gasteiger partial charge is 0.458 e. The number of rotatable bonds is 3. The van der Waals surface area contributed by atoms with Crippen LogP contribution in [0, 0.1) is 0 Å². The number of likely N-dealkylation sites (N-methyl/N-ethyl adjacent to an activating group) is 1. The Balaban J connectivity index is 2.27. The molecule has 22 heavy (non-hydrogen) atoms. The predicted molar refractivity (Wildman–Crippen MR) is 82.2 cm³/mol. The van der Waals surface area contributed by atoms with E-state index in [4.69, 9.17) is 9.47 Å². The first-order valence-electron chi connectivity index (χ1n) is 7.44. The zero-order valence-electron chi connectivity index (χ0n) is 13.5. The van der Waals surface area contributed by atoms with Gasteiger partial charge in [-0.25, -0.2) is 0 Å². The summed E-state index contributed by atoms with van der Waals surface area (Å²) in [6, 6.07) is 10.2. The Kier molecular flexibility index (Phi) is 4.86. The van der Waals surface area contributed by atoms with Crippen LogP contribution in [0.25, 0.3) is 0 Å². The SMILES string of the molecule is CC(=O)O[C@H]1C[C@H](c2ccccc2)N(C)C[C@@]1(C)OC(C)=O. The minimum atomic E-state index is -0.836. The van der Waals surface area contributed by atoms with Crippen molar-refractivity contribution in [3.05, 3.63) is 35.9 Å². The smallest absolute Gasteiger partial charge is 0.303 e. The van der Waals surface area contributed by atoms with Crippen LogP contribution in [0.4, 0.5) is 0 Å². The Bertz CT molecular complexity index is 545. The van der Waals surface area contributed by atoms with Crippen LogP contribution in [0.2, 0.25) is 0 Å². The number of likely N-dealkylation sites (tertiary alicyclic amines) is 1. The topological polar surface area (TPSA) is 55.8 Å². The number of benzene rings is 1. The van der Waals surface area contributed by atoms with E-state index in [2.05, 4.69) is 17.0 Å². The lowest BCUT2D eigenvalue weighted by Gasteiger charge is -2.47. The Morgan fingerprint density at radius 2 is 1.82 bits per heavy atom. The van der Waals surface area contributed by atoms with Crippen LogP contribution in [0.1, 0.15) is 38.8 Å². The van der Waals surface area contributed by atoms with Crippen LogP contribution in [-0.4, -0.2) is 42.1 Å². The molecule has 0 bridgehead atoms. The third-order valence-corrected chi connectivity index (χ3v) is 4.08. The van der Waals surface area contributed by atoms with Crippen LogP contribution in [-0.2, 0) is 19.1 Å². The molecule has 0 aliphatic carbocycles. The molecule has 120 valence electrons. The number of piperidine rings is 1. The zero-order valence-corrected chi connectivity index (χ0v) is 13.5. The quantitative estimate of drug-likeness (QED) is 0.802. The summed E-state index contributed by atoms with van der Waals surface area (Å²) in [6.45, 7) is 5.08. The van der Waals surface area contributed by atoms with Crippen molar-refractivity contribution in [3.63, 3.8) is 0 Å². The van der Waals surface area contributed by atoms with E-state index in [0.717, 1.165) is 5.56 Å². The molecule has 0 saturated carbocycles. The molecule has 0 aromatic heterocycles. The Hall–Kier alpha value is -1.88. The van der Waals surface area contributed by atoms with Crippen molar-refractivity contribution in [3.8, 4) is 0 Å². The van der Waals surface area contributed by atoms with Gasteiger partial charge in [0.15, 0.2) is 5.60 Å². The second-order valence-corrected chi connectivity index (χ2v) is 6.08. The fourth-order valence-corrected chi connectivity index (χ4v) is 3.20. The van der Waals surface area contributed by atoms with Crippen molar-refractivity contribution in [2.75, 3.05) is 13.6 Å². The zero-order chi connectivity index (χ0) is 16.3. The molecule has 5 heteroatoms. The molecule has 2 rings (SSSR count). The van der Waals surface area contributed by atoms with Gasteiger partial charge in [0.25, 0.3) is 0 Å². The van der Waals surface area contributed by atoms with Gasteiger partial charge >= 0.3 is 11.9 Å². The van der Waals surface area contributed by atoms with Crippen molar-refractivity contribution in [2.45, 2.75) is 44.9 Å². The van der Waals surface area contributed by atoms with E-state index in [1.165, 1.54) is 13.8 Å². The third kappa shape index (κ3) is 3.65. The standard InChI is InChI=1S/C17H23NO4/c1-12(19)21-16-10-15(14-8-6-5-7-9-14)18(4)11-17(16,3)22-13(2)20/h5-9,15-16H,10-11H2,1-4H3/t15-,16+,17-/m1/s1. The van der Waals surface area contributed by atoms with E-state index in [1.54, 1.807) is 0 Å². The summed E-state index contributed by atoms with van der Waals surface area (Å²) < 4.78 is 11.0. The highest BCUT2D eigenvalue weighted by atomic mass is 16.6. The average molecular weight is 305 g/mol. The minimum Gasteiger partial charge on any atom is -0.458 e. The number of nitrogens with zero attached hydrogens (tertiary/aromatic N) is 1. The second kappa shape index (κ2) is 6.48. The summed E-state index contributed by atoms with van der Waals surface area (Å²) >= 11 is 0. The van der Waals surface area contributed by atoms with Crippen molar-refractivity contribution >= 4 is 11.9 Å². The van der Waals surface area contributed by atoms with Crippen molar-refractivity contribution in [1.29, 1.82) is 0 Å². The molecule has 5 nitrogen and oxygen atoms in total. The number of carbonyl (C=O) groups is 2. The lowest BCUT2D eigenvalue weighted by molar-refractivity contribution is -0.195. The van der Waals surface area contributed by atoms with Crippen LogP contribution >= 0.6 is 0 Å². The highest BCUT2D eigenvalue weighted by Crippen LogP contribution is 2.37. The molecule has 0 unspecified atom stereocenters. The van der Waals surface area contributed by atoms with Crippen molar-refractivity contribution < 1.29 is 19.1 Å².